The largest absolute Gasteiger partial charge is 0.478 e. The topological polar surface area (TPSA) is 84.2 Å². The standard InChI is InChI=1S/C30H22F3N3O3S/c1-36-25-16-21(19-5-3-2-4-6-19)15-24(27(37)34-17-18-7-9-20(10-8-18)29(38)39)26(25)28(35-36)40-23-13-11-22(12-14-23)30(31,32)33/h2-16H,17H2,1H3,(H,34,37)(H,38,39). The van der Waals surface area contributed by atoms with Crippen molar-refractivity contribution >= 4 is 34.5 Å². The minimum atomic E-state index is -4.44. The van der Waals surface area contributed by atoms with Gasteiger partial charge in [0, 0.05) is 23.9 Å². The molecule has 10 heteroatoms. The van der Waals surface area contributed by atoms with E-state index in [-0.39, 0.29) is 18.0 Å². The molecule has 0 spiro atoms. The minimum absolute atomic E-state index is 0.146. The number of fused-ring (bicyclic) bond motifs is 1. The van der Waals surface area contributed by atoms with Crippen molar-refractivity contribution in [3.8, 4) is 11.1 Å². The monoisotopic (exact) mass is 561 g/mol. The highest BCUT2D eigenvalue weighted by Gasteiger charge is 2.30. The van der Waals surface area contributed by atoms with Gasteiger partial charge in [0.15, 0.2) is 0 Å². The summed E-state index contributed by atoms with van der Waals surface area (Å²) in [6.45, 7) is 0.164. The van der Waals surface area contributed by atoms with Crippen molar-refractivity contribution in [2.75, 3.05) is 0 Å². The Kier molecular flexibility index (Phi) is 7.36. The Labute approximate surface area is 231 Å². The second-order valence-corrected chi connectivity index (χ2v) is 10.1. The van der Waals surface area contributed by atoms with Crippen molar-refractivity contribution < 1.29 is 27.9 Å². The van der Waals surface area contributed by atoms with E-state index in [1.54, 1.807) is 29.9 Å². The van der Waals surface area contributed by atoms with E-state index in [2.05, 4.69) is 10.4 Å². The lowest BCUT2D eigenvalue weighted by molar-refractivity contribution is -0.137. The molecule has 0 bridgehead atoms. The van der Waals surface area contributed by atoms with Gasteiger partial charge in [0.25, 0.3) is 5.91 Å². The molecular formula is C30H22F3N3O3S. The molecule has 1 amide bonds. The molecule has 202 valence electrons. The average molecular weight is 562 g/mol. The first-order chi connectivity index (χ1) is 19.1. The summed E-state index contributed by atoms with van der Waals surface area (Å²) in [5.41, 5.74) is 2.88. The first-order valence-electron chi connectivity index (χ1n) is 12.1. The smallest absolute Gasteiger partial charge is 0.416 e. The second-order valence-electron chi connectivity index (χ2n) is 9.02. The number of carbonyl (C=O) groups is 2. The first kappa shape index (κ1) is 27.0. The van der Waals surface area contributed by atoms with Crippen molar-refractivity contribution in [1.29, 1.82) is 0 Å². The summed E-state index contributed by atoms with van der Waals surface area (Å²) in [6.07, 6.45) is -4.44. The molecule has 0 unspecified atom stereocenters. The number of benzene rings is 4. The summed E-state index contributed by atoms with van der Waals surface area (Å²) in [7, 11) is 1.75. The number of hydrogen-bond acceptors (Lipinski definition) is 4. The number of aromatic carboxylic acids is 1. The fraction of sp³-hybridized carbons (Fsp3) is 0.100. The van der Waals surface area contributed by atoms with Crippen molar-refractivity contribution in [1.82, 2.24) is 15.1 Å². The van der Waals surface area contributed by atoms with Gasteiger partial charge in [-0.05, 0) is 65.2 Å². The summed E-state index contributed by atoms with van der Waals surface area (Å²) in [5.74, 6) is -1.40. The first-order valence-corrected chi connectivity index (χ1v) is 12.9. The Morgan fingerprint density at radius 2 is 1.60 bits per heavy atom. The summed E-state index contributed by atoms with van der Waals surface area (Å²) in [4.78, 5) is 25.3. The van der Waals surface area contributed by atoms with Gasteiger partial charge in [0.05, 0.1) is 22.2 Å². The number of nitrogens with zero attached hydrogens (tertiary/aromatic N) is 2. The Bertz CT molecular complexity index is 1700. The van der Waals surface area contributed by atoms with Crippen LogP contribution in [0.4, 0.5) is 13.2 Å². The Balaban J connectivity index is 1.53. The van der Waals surface area contributed by atoms with Crippen LogP contribution in [0.15, 0.2) is 101 Å². The molecule has 5 rings (SSSR count). The minimum Gasteiger partial charge on any atom is -0.478 e. The number of carbonyl (C=O) groups excluding carboxylic acids is 1. The van der Waals surface area contributed by atoms with Crippen LogP contribution in [0.2, 0.25) is 0 Å². The summed E-state index contributed by atoms with van der Waals surface area (Å²) in [6, 6.07) is 24.3. The third-order valence-corrected chi connectivity index (χ3v) is 7.31. The number of carboxylic acid groups (broad SMARTS) is 1. The zero-order valence-corrected chi connectivity index (χ0v) is 21.9. The van der Waals surface area contributed by atoms with Gasteiger partial charge in [-0.1, -0.05) is 54.2 Å². The average Bonchev–Trinajstić information content (AvgIpc) is 3.26. The molecule has 0 aliphatic heterocycles. The number of aryl methyl sites for hydroxylation is 1. The van der Waals surface area contributed by atoms with E-state index in [4.69, 9.17) is 5.11 Å². The van der Waals surface area contributed by atoms with Crippen molar-refractivity contribution in [2.45, 2.75) is 22.6 Å². The van der Waals surface area contributed by atoms with Crippen LogP contribution in [-0.4, -0.2) is 26.8 Å². The fourth-order valence-electron chi connectivity index (χ4n) is 4.26. The number of halogens is 3. The van der Waals surface area contributed by atoms with Gasteiger partial charge >= 0.3 is 12.1 Å². The van der Waals surface area contributed by atoms with Crippen LogP contribution >= 0.6 is 11.8 Å². The second kappa shape index (κ2) is 10.9. The number of alkyl halides is 3. The van der Waals surface area contributed by atoms with Crippen LogP contribution < -0.4 is 5.32 Å². The molecule has 0 saturated heterocycles. The van der Waals surface area contributed by atoms with E-state index in [0.29, 0.717) is 26.4 Å². The van der Waals surface area contributed by atoms with Crippen molar-refractivity contribution in [2.24, 2.45) is 7.05 Å². The molecule has 0 fully saturated rings. The van der Waals surface area contributed by atoms with Crippen LogP contribution in [0.25, 0.3) is 22.0 Å². The number of carboxylic acids is 1. The predicted molar refractivity (Wildman–Crippen MR) is 146 cm³/mol. The van der Waals surface area contributed by atoms with Crippen LogP contribution in [0.5, 0.6) is 0 Å². The van der Waals surface area contributed by atoms with Crippen molar-refractivity contribution in [3.05, 3.63) is 113 Å². The lowest BCUT2D eigenvalue weighted by Gasteiger charge is -2.11. The maximum atomic E-state index is 13.6. The van der Waals surface area contributed by atoms with Gasteiger partial charge in [-0.3, -0.25) is 9.48 Å². The maximum absolute atomic E-state index is 13.6. The highest BCUT2D eigenvalue weighted by Crippen LogP contribution is 2.38. The Morgan fingerprint density at radius 3 is 2.23 bits per heavy atom. The number of rotatable bonds is 7. The number of aromatic nitrogens is 2. The number of nitrogens with one attached hydrogen (secondary N) is 1. The number of amides is 1. The van der Waals surface area contributed by atoms with Crippen LogP contribution in [0.3, 0.4) is 0 Å². The molecule has 1 aromatic heterocycles. The molecule has 0 aliphatic carbocycles. The summed E-state index contributed by atoms with van der Waals surface area (Å²) >= 11 is 1.17. The maximum Gasteiger partial charge on any atom is 0.416 e. The molecule has 0 atom stereocenters. The quantitative estimate of drug-likeness (QED) is 0.223. The number of hydrogen-bond donors (Lipinski definition) is 2. The zero-order chi connectivity index (χ0) is 28.4. The fourth-order valence-corrected chi connectivity index (χ4v) is 5.24. The third-order valence-electron chi connectivity index (χ3n) is 6.32. The molecule has 4 aromatic carbocycles. The molecule has 5 aromatic rings. The molecule has 6 nitrogen and oxygen atoms in total. The third kappa shape index (κ3) is 5.72. The lowest BCUT2D eigenvalue weighted by Crippen LogP contribution is -2.23. The molecule has 2 N–H and O–H groups in total. The van der Waals surface area contributed by atoms with E-state index < -0.39 is 17.7 Å². The van der Waals surface area contributed by atoms with Gasteiger partial charge < -0.3 is 10.4 Å². The van der Waals surface area contributed by atoms with E-state index in [0.717, 1.165) is 28.8 Å². The van der Waals surface area contributed by atoms with E-state index >= 15 is 0 Å². The van der Waals surface area contributed by atoms with Gasteiger partial charge in [0.1, 0.15) is 5.03 Å². The lowest BCUT2D eigenvalue weighted by atomic mass is 9.99. The molecule has 0 aliphatic rings. The zero-order valence-electron chi connectivity index (χ0n) is 21.1. The van der Waals surface area contributed by atoms with Gasteiger partial charge in [-0.15, -0.1) is 0 Å². The van der Waals surface area contributed by atoms with Gasteiger partial charge in [-0.25, -0.2) is 4.79 Å². The van der Waals surface area contributed by atoms with Gasteiger partial charge in [-0.2, -0.15) is 18.3 Å². The van der Waals surface area contributed by atoms with Crippen LogP contribution in [-0.2, 0) is 19.8 Å². The molecule has 40 heavy (non-hydrogen) atoms. The predicted octanol–water partition coefficient (Wildman–Crippen LogP) is 7.04. The SMILES string of the molecule is Cn1nc(Sc2ccc(C(F)(F)F)cc2)c2c(C(=O)NCc3ccc(C(=O)O)cc3)cc(-c3ccccc3)cc21. The van der Waals surface area contributed by atoms with Crippen LogP contribution in [0, 0.1) is 0 Å². The highest BCUT2D eigenvalue weighted by atomic mass is 32.2. The molecular weight excluding hydrogens is 539 g/mol. The Hall–Kier alpha value is -4.57. The normalized spacial score (nSPS) is 11.5. The summed E-state index contributed by atoms with van der Waals surface area (Å²) < 4.78 is 40.8. The highest BCUT2D eigenvalue weighted by molar-refractivity contribution is 7.99. The van der Waals surface area contributed by atoms with E-state index in [1.807, 2.05) is 36.4 Å². The van der Waals surface area contributed by atoms with Gasteiger partial charge in [0.2, 0.25) is 0 Å². The van der Waals surface area contributed by atoms with Crippen LogP contribution in [0.1, 0.15) is 31.8 Å². The van der Waals surface area contributed by atoms with E-state index in [1.165, 1.54) is 36.0 Å². The molecule has 0 saturated carbocycles. The Morgan fingerprint density at radius 1 is 0.925 bits per heavy atom. The molecule has 0 radical (unpaired) electrons. The summed E-state index contributed by atoms with van der Waals surface area (Å²) in [5, 5.41) is 17.7. The van der Waals surface area contributed by atoms with Crippen molar-refractivity contribution in [3.63, 3.8) is 0 Å². The van der Waals surface area contributed by atoms with E-state index in [9.17, 15) is 22.8 Å². The molecule has 1 heterocycles.